The largest absolute Gasteiger partial charge is 0.408 e. The van der Waals surface area contributed by atoms with Crippen LogP contribution in [0.5, 0.6) is 0 Å². The van der Waals surface area contributed by atoms with Crippen molar-refractivity contribution in [2.24, 2.45) is 0 Å². The fourth-order valence-corrected chi connectivity index (χ4v) is 2.66. The van der Waals surface area contributed by atoms with Crippen molar-refractivity contribution >= 4 is 11.9 Å². The number of nitrogens with one attached hydrogen (secondary N) is 1. The molecule has 23 heavy (non-hydrogen) atoms. The standard InChI is InChI=1S/C17H22N4O2/c1-12(2)16-19-20-17(23-16)21-10-8-14(9-11-21)18-15(22)13-6-4-3-5-7-13/h3-7,12,14H,8-11H2,1-2H3,(H,18,22). The van der Waals surface area contributed by atoms with Crippen LogP contribution < -0.4 is 10.2 Å². The van der Waals surface area contributed by atoms with Gasteiger partial charge in [-0.05, 0) is 25.0 Å². The van der Waals surface area contributed by atoms with E-state index >= 15 is 0 Å². The maximum atomic E-state index is 12.2. The Morgan fingerprint density at radius 2 is 1.91 bits per heavy atom. The maximum absolute atomic E-state index is 12.2. The van der Waals surface area contributed by atoms with Crippen LogP contribution in [0.1, 0.15) is 48.9 Å². The Labute approximate surface area is 135 Å². The minimum atomic E-state index is -0.0102. The molecule has 6 heteroatoms. The van der Waals surface area contributed by atoms with Crippen molar-refractivity contribution in [1.29, 1.82) is 0 Å². The van der Waals surface area contributed by atoms with Crippen molar-refractivity contribution in [3.05, 3.63) is 41.8 Å². The minimum Gasteiger partial charge on any atom is -0.408 e. The normalized spacial score (nSPS) is 15.9. The molecule has 1 aromatic carbocycles. The van der Waals surface area contributed by atoms with Crippen LogP contribution >= 0.6 is 0 Å². The number of hydrogen-bond donors (Lipinski definition) is 1. The molecular formula is C17H22N4O2. The number of hydrogen-bond acceptors (Lipinski definition) is 5. The van der Waals surface area contributed by atoms with E-state index in [1.165, 1.54) is 0 Å². The molecule has 0 unspecified atom stereocenters. The molecule has 1 fully saturated rings. The van der Waals surface area contributed by atoms with Crippen molar-refractivity contribution in [2.45, 2.75) is 38.6 Å². The smallest absolute Gasteiger partial charge is 0.318 e. The van der Waals surface area contributed by atoms with Crippen LogP contribution in [0.3, 0.4) is 0 Å². The van der Waals surface area contributed by atoms with Gasteiger partial charge in [0.2, 0.25) is 5.89 Å². The van der Waals surface area contributed by atoms with E-state index in [1.807, 2.05) is 44.2 Å². The fourth-order valence-electron chi connectivity index (χ4n) is 2.66. The quantitative estimate of drug-likeness (QED) is 0.939. The van der Waals surface area contributed by atoms with Gasteiger partial charge in [-0.1, -0.05) is 37.1 Å². The Bertz CT molecular complexity index is 646. The van der Waals surface area contributed by atoms with Crippen molar-refractivity contribution in [2.75, 3.05) is 18.0 Å². The molecule has 1 aliphatic rings. The lowest BCUT2D eigenvalue weighted by Crippen LogP contribution is -2.44. The Morgan fingerprint density at radius 1 is 1.22 bits per heavy atom. The van der Waals surface area contributed by atoms with Crippen LogP contribution in [0.4, 0.5) is 6.01 Å². The summed E-state index contributed by atoms with van der Waals surface area (Å²) in [6, 6.07) is 10.1. The number of carbonyl (C=O) groups is 1. The molecule has 1 N–H and O–H groups in total. The van der Waals surface area contributed by atoms with Crippen molar-refractivity contribution in [3.8, 4) is 0 Å². The van der Waals surface area contributed by atoms with E-state index in [9.17, 15) is 4.79 Å². The molecule has 6 nitrogen and oxygen atoms in total. The zero-order chi connectivity index (χ0) is 16.2. The summed E-state index contributed by atoms with van der Waals surface area (Å²) in [5.74, 6) is 0.891. The third-order valence-corrected chi connectivity index (χ3v) is 4.06. The van der Waals surface area contributed by atoms with E-state index in [1.54, 1.807) is 0 Å². The first-order valence-corrected chi connectivity index (χ1v) is 8.07. The highest BCUT2D eigenvalue weighted by molar-refractivity contribution is 5.94. The Kier molecular flexibility index (Phi) is 4.60. The van der Waals surface area contributed by atoms with Gasteiger partial charge in [-0.15, -0.1) is 5.10 Å². The summed E-state index contributed by atoms with van der Waals surface area (Å²) in [4.78, 5) is 14.3. The second kappa shape index (κ2) is 6.81. The molecule has 2 aromatic rings. The van der Waals surface area contributed by atoms with Gasteiger partial charge in [0.05, 0.1) is 0 Å². The monoisotopic (exact) mass is 314 g/mol. The number of benzene rings is 1. The van der Waals surface area contributed by atoms with E-state index in [0.717, 1.165) is 25.9 Å². The van der Waals surface area contributed by atoms with Gasteiger partial charge in [0.1, 0.15) is 0 Å². The molecule has 0 spiro atoms. The summed E-state index contributed by atoms with van der Waals surface area (Å²) >= 11 is 0. The van der Waals surface area contributed by atoms with Gasteiger partial charge in [-0.3, -0.25) is 4.79 Å². The summed E-state index contributed by atoms with van der Waals surface area (Å²) in [5.41, 5.74) is 0.702. The molecule has 0 bridgehead atoms. The summed E-state index contributed by atoms with van der Waals surface area (Å²) in [6.45, 7) is 5.67. The van der Waals surface area contributed by atoms with E-state index in [-0.39, 0.29) is 17.9 Å². The SMILES string of the molecule is CC(C)c1nnc(N2CCC(NC(=O)c3ccccc3)CC2)o1. The molecule has 122 valence electrons. The molecule has 1 amide bonds. The molecule has 2 heterocycles. The molecule has 1 aliphatic heterocycles. The highest BCUT2D eigenvalue weighted by atomic mass is 16.4. The van der Waals surface area contributed by atoms with Gasteiger partial charge in [0.15, 0.2) is 0 Å². The number of nitrogens with zero attached hydrogens (tertiary/aromatic N) is 3. The zero-order valence-corrected chi connectivity index (χ0v) is 13.5. The summed E-state index contributed by atoms with van der Waals surface area (Å²) in [5, 5.41) is 11.3. The fraction of sp³-hybridized carbons (Fsp3) is 0.471. The molecule has 1 aromatic heterocycles. The van der Waals surface area contributed by atoms with E-state index < -0.39 is 0 Å². The average molecular weight is 314 g/mol. The summed E-state index contributed by atoms with van der Waals surface area (Å²) in [7, 11) is 0. The molecule has 0 aliphatic carbocycles. The van der Waals surface area contributed by atoms with Crippen molar-refractivity contribution in [1.82, 2.24) is 15.5 Å². The molecule has 1 saturated heterocycles. The van der Waals surface area contributed by atoms with Crippen molar-refractivity contribution in [3.63, 3.8) is 0 Å². The Balaban J connectivity index is 1.53. The van der Waals surface area contributed by atoms with Crippen LogP contribution in [0.25, 0.3) is 0 Å². The number of piperidine rings is 1. The van der Waals surface area contributed by atoms with Gasteiger partial charge < -0.3 is 14.6 Å². The molecule has 0 saturated carbocycles. The first-order valence-electron chi connectivity index (χ1n) is 8.07. The maximum Gasteiger partial charge on any atom is 0.318 e. The Hall–Kier alpha value is -2.37. The summed E-state index contributed by atoms with van der Waals surface area (Å²) in [6.07, 6.45) is 1.75. The van der Waals surface area contributed by atoms with Crippen molar-refractivity contribution < 1.29 is 9.21 Å². The predicted octanol–water partition coefficient (Wildman–Crippen LogP) is 2.59. The third kappa shape index (κ3) is 3.70. The number of amides is 1. The van der Waals surface area contributed by atoms with E-state index in [4.69, 9.17) is 4.42 Å². The van der Waals surface area contributed by atoms with Crippen LogP contribution in [0.15, 0.2) is 34.7 Å². The van der Waals surface area contributed by atoms with E-state index in [0.29, 0.717) is 17.5 Å². The summed E-state index contributed by atoms with van der Waals surface area (Å²) < 4.78 is 5.69. The number of aromatic nitrogens is 2. The van der Waals surface area contributed by atoms with Crippen LogP contribution in [0.2, 0.25) is 0 Å². The number of carbonyl (C=O) groups excluding carboxylic acids is 1. The predicted molar refractivity (Wildman–Crippen MR) is 87.5 cm³/mol. The zero-order valence-electron chi connectivity index (χ0n) is 13.5. The van der Waals surface area contributed by atoms with Gasteiger partial charge in [0, 0.05) is 30.6 Å². The second-order valence-corrected chi connectivity index (χ2v) is 6.18. The lowest BCUT2D eigenvalue weighted by molar-refractivity contribution is 0.0931. The van der Waals surface area contributed by atoms with E-state index in [2.05, 4.69) is 20.4 Å². The first-order chi connectivity index (χ1) is 11.1. The molecule has 0 atom stereocenters. The molecule has 3 rings (SSSR count). The highest BCUT2D eigenvalue weighted by Crippen LogP contribution is 2.21. The topological polar surface area (TPSA) is 71.3 Å². The highest BCUT2D eigenvalue weighted by Gasteiger charge is 2.24. The molecular weight excluding hydrogens is 292 g/mol. The lowest BCUT2D eigenvalue weighted by atomic mass is 10.0. The lowest BCUT2D eigenvalue weighted by Gasteiger charge is -2.31. The number of rotatable bonds is 4. The Morgan fingerprint density at radius 3 is 2.52 bits per heavy atom. The molecule has 0 radical (unpaired) electrons. The van der Waals surface area contributed by atoms with Gasteiger partial charge in [0.25, 0.3) is 5.91 Å². The number of anilines is 1. The van der Waals surface area contributed by atoms with Gasteiger partial charge in [-0.25, -0.2) is 0 Å². The third-order valence-electron chi connectivity index (χ3n) is 4.06. The first kappa shape index (κ1) is 15.5. The average Bonchev–Trinajstić information content (AvgIpc) is 3.07. The minimum absolute atomic E-state index is 0.0102. The second-order valence-electron chi connectivity index (χ2n) is 6.18. The van der Waals surface area contributed by atoms with Gasteiger partial charge >= 0.3 is 6.01 Å². The van der Waals surface area contributed by atoms with Gasteiger partial charge in [-0.2, -0.15) is 0 Å². The van der Waals surface area contributed by atoms with Crippen LogP contribution in [-0.2, 0) is 0 Å². The van der Waals surface area contributed by atoms with Crippen LogP contribution in [-0.4, -0.2) is 35.2 Å². The van der Waals surface area contributed by atoms with Crippen LogP contribution in [0, 0.1) is 0 Å².